The molecule has 0 saturated heterocycles. The van der Waals surface area contributed by atoms with Gasteiger partial charge in [0.25, 0.3) is 0 Å². The minimum Gasteiger partial charge on any atom is -0.497 e. The number of hydrogen-bond donors (Lipinski definition) is 1. The van der Waals surface area contributed by atoms with E-state index < -0.39 is 0 Å². The van der Waals surface area contributed by atoms with Crippen LogP contribution in [0.15, 0.2) is 18.2 Å². The average molecular weight is 253 g/mol. The Labute approximate surface area is 109 Å². The molecule has 2 unspecified atom stereocenters. The number of methoxy groups -OCH3 is 3. The summed E-state index contributed by atoms with van der Waals surface area (Å²) in [6, 6.07) is 6.26. The first-order valence-corrected chi connectivity index (χ1v) is 6.09. The highest BCUT2D eigenvalue weighted by atomic mass is 16.5. The van der Waals surface area contributed by atoms with Crippen LogP contribution >= 0.6 is 0 Å². The van der Waals surface area contributed by atoms with E-state index in [0.29, 0.717) is 6.61 Å². The number of nitrogens with one attached hydrogen (secondary N) is 1. The molecule has 1 rings (SSSR count). The largest absolute Gasteiger partial charge is 0.497 e. The van der Waals surface area contributed by atoms with Crippen LogP contribution in [-0.2, 0) is 4.74 Å². The van der Waals surface area contributed by atoms with Crippen molar-refractivity contribution in [2.24, 2.45) is 0 Å². The molecule has 0 radical (unpaired) electrons. The maximum atomic E-state index is 5.38. The van der Waals surface area contributed by atoms with Crippen molar-refractivity contribution in [3.63, 3.8) is 0 Å². The van der Waals surface area contributed by atoms with E-state index >= 15 is 0 Å². The smallest absolute Gasteiger partial charge is 0.123 e. The van der Waals surface area contributed by atoms with E-state index in [1.807, 2.05) is 18.2 Å². The van der Waals surface area contributed by atoms with E-state index in [0.717, 1.165) is 17.1 Å². The summed E-state index contributed by atoms with van der Waals surface area (Å²) in [5, 5.41) is 3.46. The lowest BCUT2D eigenvalue weighted by Gasteiger charge is -2.22. The summed E-state index contributed by atoms with van der Waals surface area (Å²) in [6.07, 6.45) is 0. The van der Waals surface area contributed by atoms with Crippen molar-refractivity contribution in [3.8, 4) is 11.5 Å². The third-order valence-corrected chi connectivity index (χ3v) is 2.85. The molecule has 1 aromatic rings. The Bertz CT molecular complexity index is 368. The maximum Gasteiger partial charge on any atom is 0.123 e. The molecule has 0 bridgehead atoms. The number of hydrogen-bond acceptors (Lipinski definition) is 4. The molecule has 102 valence electrons. The minimum atomic E-state index is 0.167. The molecule has 0 saturated carbocycles. The summed E-state index contributed by atoms with van der Waals surface area (Å²) in [5.41, 5.74) is 1.08. The second-order valence-corrected chi connectivity index (χ2v) is 4.35. The Morgan fingerprint density at radius 1 is 1.11 bits per heavy atom. The van der Waals surface area contributed by atoms with Gasteiger partial charge in [-0.25, -0.2) is 0 Å². The first-order valence-electron chi connectivity index (χ1n) is 6.09. The van der Waals surface area contributed by atoms with Gasteiger partial charge in [0.05, 0.1) is 20.8 Å². The SMILES string of the molecule is COCC(C)NC(C)c1cc(OC)ccc1OC. The van der Waals surface area contributed by atoms with Gasteiger partial charge in [-0.1, -0.05) is 0 Å². The van der Waals surface area contributed by atoms with Gasteiger partial charge < -0.3 is 19.5 Å². The first kappa shape index (κ1) is 14.8. The Morgan fingerprint density at radius 3 is 2.39 bits per heavy atom. The minimum absolute atomic E-state index is 0.167. The van der Waals surface area contributed by atoms with Crippen LogP contribution in [0.3, 0.4) is 0 Å². The fourth-order valence-electron chi connectivity index (χ4n) is 1.99. The molecule has 0 spiro atoms. The first-order chi connectivity index (χ1) is 8.62. The van der Waals surface area contributed by atoms with Crippen LogP contribution in [0.5, 0.6) is 11.5 Å². The highest BCUT2D eigenvalue weighted by Gasteiger charge is 2.14. The van der Waals surface area contributed by atoms with Crippen LogP contribution in [0, 0.1) is 0 Å². The summed E-state index contributed by atoms with van der Waals surface area (Å²) >= 11 is 0. The van der Waals surface area contributed by atoms with Crippen molar-refractivity contribution >= 4 is 0 Å². The van der Waals surface area contributed by atoms with Crippen molar-refractivity contribution in [1.29, 1.82) is 0 Å². The number of benzene rings is 1. The Kier molecular flexibility index (Phi) is 5.95. The van der Waals surface area contributed by atoms with Crippen LogP contribution < -0.4 is 14.8 Å². The van der Waals surface area contributed by atoms with Crippen LogP contribution in [-0.4, -0.2) is 34.0 Å². The standard InChI is InChI=1S/C14H23NO3/c1-10(9-16-3)15-11(2)13-8-12(17-4)6-7-14(13)18-5/h6-8,10-11,15H,9H2,1-5H3. The molecule has 0 aliphatic heterocycles. The molecule has 18 heavy (non-hydrogen) atoms. The van der Waals surface area contributed by atoms with Crippen molar-refractivity contribution in [2.45, 2.75) is 25.9 Å². The van der Waals surface area contributed by atoms with Crippen LogP contribution in [0.25, 0.3) is 0 Å². The lowest BCUT2D eigenvalue weighted by atomic mass is 10.1. The fraction of sp³-hybridized carbons (Fsp3) is 0.571. The molecule has 0 aliphatic carbocycles. The Hall–Kier alpha value is -1.26. The molecular formula is C14H23NO3. The van der Waals surface area contributed by atoms with E-state index in [-0.39, 0.29) is 12.1 Å². The zero-order chi connectivity index (χ0) is 13.5. The molecule has 0 fully saturated rings. The Balaban J connectivity index is 2.85. The van der Waals surface area contributed by atoms with Gasteiger partial charge >= 0.3 is 0 Å². The third kappa shape index (κ3) is 3.89. The highest BCUT2D eigenvalue weighted by molar-refractivity contribution is 5.42. The van der Waals surface area contributed by atoms with Crippen molar-refractivity contribution in [2.75, 3.05) is 27.9 Å². The molecular weight excluding hydrogens is 230 g/mol. The lowest BCUT2D eigenvalue weighted by Crippen LogP contribution is -2.32. The molecule has 0 aromatic heterocycles. The quantitative estimate of drug-likeness (QED) is 0.810. The molecule has 1 aromatic carbocycles. The lowest BCUT2D eigenvalue weighted by molar-refractivity contribution is 0.167. The normalized spacial score (nSPS) is 14.1. The second-order valence-electron chi connectivity index (χ2n) is 4.35. The van der Waals surface area contributed by atoms with E-state index in [4.69, 9.17) is 14.2 Å². The molecule has 0 aliphatic rings. The summed E-state index contributed by atoms with van der Waals surface area (Å²) in [5.74, 6) is 1.69. The molecule has 4 heteroatoms. The predicted octanol–water partition coefficient (Wildman–Crippen LogP) is 2.39. The highest BCUT2D eigenvalue weighted by Crippen LogP contribution is 2.29. The fourth-order valence-corrected chi connectivity index (χ4v) is 1.99. The average Bonchev–Trinajstić information content (AvgIpc) is 2.38. The van der Waals surface area contributed by atoms with Crippen molar-refractivity contribution < 1.29 is 14.2 Å². The van der Waals surface area contributed by atoms with Crippen LogP contribution in [0.2, 0.25) is 0 Å². The number of rotatable bonds is 7. The van der Waals surface area contributed by atoms with Crippen molar-refractivity contribution in [3.05, 3.63) is 23.8 Å². The van der Waals surface area contributed by atoms with E-state index in [1.165, 1.54) is 0 Å². The molecule has 1 N–H and O–H groups in total. The van der Waals surface area contributed by atoms with Crippen LogP contribution in [0.4, 0.5) is 0 Å². The van der Waals surface area contributed by atoms with Gasteiger partial charge in [-0.05, 0) is 32.0 Å². The summed E-state index contributed by atoms with van der Waals surface area (Å²) < 4.78 is 15.8. The van der Waals surface area contributed by atoms with Crippen LogP contribution in [0.1, 0.15) is 25.5 Å². The van der Waals surface area contributed by atoms with Gasteiger partial charge in [-0.15, -0.1) is 0 Å². The summed E-state index contributed by atoms with van der Waals surface area (Å²) in [6.45, 7) is 4.87. The van der Waals surface area contributed by atoms with Gasteiger partial charge in [0.1, 0.15) is 11.5 Å². The third-order valence-electron chi connectivity index (χ3n) is 2.85. The van der Waals surface area contributed by atoms with Gasteiger partial charge in [-0.3, -0.25) is 0 Å². The summed E-state index contributed by atoms with van der Waals surface area (Å²) in [7, 11) is 5.04. The topological polar surface area (TPSA) is 39.7 Å². The summed E-state index contributed by atoms with van der Waals surface area (Å²) in [4.78, 5) is 0. The number of ether oxygens (including phenoxy) is 3. The van der Waals surface area contributed by atoms with Gasteiger partial charge in [0, 0.05) is 24.8 Å². The molecule has 0 heterocycles. The second kappa shape index (κ2) is 7.24. The van der Waals surface area contributed by atoms with E-state index in [2.05, 4.69) is 19.2 Å². The zero-order valence-electron chi connectivity index (χ0n) is 11.8. The maximum absolute atomic E-state index is 5.38. The van der Waals surface area contributed by atoms with Gasteiger partial charge in [0.2, 0.25) is 0 Å². The molecule has 2 atom stereocenters. The molecule has 4 nitrogen and oxygen atoms in total. The predicted molar refractivity (Wildman–Crippen MR) is 72.4 cm³/mol. The monoisotopic (exact) mass is 253 g/mol. The van der Waals surface area contributed by atoms with Gasteiger partial charge in [0.15, 0.2) is 0 Å². The van der Waals surface area contributed by atoms with E-state index in [9.17, 15) is 0 Å². The Morgan fingerprint density at radius 2 is 1.83 bits per heavy atom. The van der Waals surface area contributed by atoms with Crippen molar-refractivity contribution in [1.82, 2.24) is 5.32 Å². The molecule has 0 amide bonds. The van der Waals surface area contributed by atoms with Gasteiger partial charge in [-0.2, -0.15) is 0 Å². The van der Waals surface area contributed by atoms with E-state index in [1.54, 1.807) is 21.3 Å². The zero-order valence-corrected chi connectivity index (χ0v) is 11.8.